The number of hydrogen-bond acceptors (Lipinski definition) is 5. The number of aryl methyl sites for hydroxylation is 1. The highest BCUT2D eigenvalue weighted by atomic mass is 32.2. The van der Waals surface area contributed by atoms with E-state index in [0.717, 1.165) is 48.9 Å². The highest BCUT2D eigenvalue weighted by Gasteiger charge is 2.48. The molecule has 0 aliphatic carbocycles. The lowest BCUT2D eigenvalue weighted by molar-refractivity contribution is -0.127. The molecule has 0 radical (unpaired) electrons. The number of nitrogens with one attached hydrogen (secondary N) is 1. The summed E-state index contributed by atoms with van der Waals surface area (Å²) in [4.78, 5) is 18.2. The number of aromatic nitrogens is 1. The smallest absolute Gasteiger partial charge is 0.249 e. The van der Waals surface area contributed by atoms with Crippen molar-refractivity contribution in [3.63, 3.8) is 0 Å². The lowest BCUT2D eigenvalue weighted by Gasteiger charge is -2.39. The maximum absolute atomic E-state index is 13.7. The predicted octanol–water partition coefficient (Wildman–Crippen LogP) is 4.98. The molecule has 1 saturated heterocycles. The SMILES string of the molecule is C=C=S(=O)(F)c1ccc(N)nc1.CCC.Cc1cc(F)cc2c1NC(=O)C2(C)N1CCCCC1. The van der Waals surface area contributed by atoms with Crippen LogP contribution in [0.1, 0.15) is 57.6 Å². The van der Waals surface area contributed by atoms with E-state index in [1.54, 1.807) is 0 Å². The Morgan fingerprint density at radius 2 is 1.88 bits per heavy atom. The number of anilines is 2. The Labute approximate surface area is 201 Å². The minimum absolute atomic E-state index is 0.0295. The van der Waals surface area contributed by atoms with Crippen LogP contribution in [0.3, 0.4) is 0 Å². The molecular formula is C25H34F2N4O2S. The summed E-state index contributed by atoms with van der Waals surface area (Å²) in [7, 11) is -3.74. The third-order valence-electron chi connectivity index (χ3n) is 5.74. The number of hydrogen-bond donors (Lipinski definition) is 2. The predicted molar refractivity (Wildman–Crippen MR) is 135 cm³/mol. The summed E-state index contributed by atoms with van der Waals surface area (Å²) in [5, 5.41) is 4.74. The Hall–Kier alpha value is -2.74. The van der Waals surface area contributed by atoms with Crippen LogP contribution in [0.4, 0.5) is 19.8 Å². The zero-order valence-corrected chi connectivity index (χ0v) is 21.1. The topological polar surface area (TPSA) is 88.3 Å². The molecule has 34 heavy (non-hydrogen) atoms. The van der Waals surface area contributed by atoms with Gasteiger partial charge in [-0.2, -0.15) is 0 Å². The maximum Gasteiger partial charge on any atom is 0.249 e. The summed E-state index contributed by atoms with van der Waals surface area (Å²) >= 11 is 0. The number of amides is 1. The van der Waals surface area contributed by atoms with Crippen molar-refractivity contribution in [1.82, 2.24) is 9.88 Å². The first kappa shape index (κ1) is 27.5. The van der Waals surface area contributed by atoms with Gasteiger partial charge in [-0.25, -0.2) is 13.6 Å². The molecule has 2 aliphatic heterocycles. The van der Waals surface area contributed by atoms with Crippen molar-refractivity contribution in [2.75, 3.05) is 24.1 Å². The van der Waals surface area contributed by atoms with Gasteiger partial charge in [0.05, 0.1) is 4.90 Å². The van der Waals surface area contributed by atoms with E-state index >= 15 is 0 Å². The van der Waals surface area contributed by atoms with Crippen LogP contribution in [0.5, 0.6) is 0 Å². The van der Waals surface area contributed by atoms with Gasteiger partial charge < -0.3 is 11.1 Å². The van der Waals surface area contributed by atoms with Crippen LogP contribution in [0.15, 0.2) is 41.9 Å². The lowest BCUT2D eigenvalue weighted by Crippen LogP contribution is -2.50. The van der Waals surface area contributed by atoms with E-state index in [1.165, 1.54) is 37.1 Å². The average molecular weight is 493 g/mol. The standard InChI is InChI=1S/C15H19FN2O.C7H7FN2OS.C3H8/c1-10-8-11(16)9-12-13(10)17-14(19)15(12,2)18-6-4-3-5-7-18;1-2-12(8,11)6-3-4-7(9)10-5-6;1-3-2/h8-9H,3-7H2,1-2H3,(H,17,19);3-5H,1H2,(H2,9,10);3H2,1-2H3. The fraction of sp³-hybridized carbons (Fsp3) is 0.440. The minimum atomic E-state index is -3.74. The fourth-order valence-corrected chi connectivity index (χ4v) is 4.53. The second-order valence-corrected chi connectivity index (χ2v) is 10.2. The van der Waals surface area contributed by atoms with E-state index in [4.69, 9.17) is 5.73 Å². The Morgan fingerprint density at radius 1 is 1.26 bits per heavy atom. The van der Waals surface area contributed by atoms with Gasteiger partial charge in [-0.05, 0) is 81.2 Å². The molecule has 1 aromatic carbocycles. The van der Waals surface area contributed by atoms with Crippen molar-refractivity contribution in [1.29, 1.82) is 0 Å². The van der Waals surface area contributed by atoms with Crippen LogP contribution in [-0.4, -0.2) is 38.1 Å². The van der Waals surface area contributed by atoms with E-state index < -0.39 is 15.4 Å². The second kappa shape index (κ2) is 11.6. The molecular weight excluding hydrogens is 458 g/mol. The first-order valence-electron chi connectivity index (χ1n) is 11.4. The van der Waals surface area contributed by atoms with Crippen molar-refractivity contribution in [3.8, 4) is 0 Å². The van der Waals surface area contributed by atoms with Gasteiger partial charge in [0.25, 0.3) is 0 Å². The van der Waals surface area contributed by atoms with Crippen LogP contribution in [0, 0.1) is 12.7 Å². The molecule has 0 spiro atoms. The van der Waals surface area contributed by atoms with Gasteiger partial charge in [-0.1, -0.05) is 26.7 Å². The number of nitrogen functional groups attached to an aromatic ring is 1. The highest BCUT2D eigenvalue weighted by Crippen LogP contribution is 2.43. The van der Waals surface area contributed by atoms with Gasteiger partial charge in [-0.15, -0.1) is 3.89 Å². The molecule has 2 aromatic rings. The molecule has 1 amide bonds. The zero-order chi connectivity index (χ0) is 25.5. The number of carbonyl (C=O) groups excluding carboxylic acids is 1. The normalized spacial score (nSPS) is 20.9. The largest absolute Gasteiger partial charge is 0.384 e. The molecule has 186 valence electrons. The molecule has 2 unspecified atom stereocenters. The molecule has 3 N–H and O–H groups in total. The Balaban J connectivity index is 0.000000234. The molecule has 4 rings (SSSR count). The molecule has 3 heterocycles. The number of nitrogens with zero attached hydrogens (tertiary/aromatic N) is 2. The zero-order valence-electron chi connectivity index (χ0n) is 20.3. The van der Waals surface area contributed by atoms with Gasteiger partial charge in [0.1, 0.15) is 17.2 Å². The molecule has 9 heteroatoms. The van der Waals surface area contributed by atoms with Crippen molar-refractivity contribution >= 4 is 32.3 Å². The van der Waals surface area contributed by atoms with Crippen LogP contribution in [0.2, 0.25) is 0 Å². The molecule has 1 aromatic heterocycles. The number of nitrogens with two attached hydrogens (primary N) is 1. The summed E-state index contributed by atoms with van der Waals surface area (Å²) in [5.74, 6) is -0.0490. The monoisotopic (exact) mass is 492 g/mol. The average Bonchev–Trinajstić information content (AvgIpc) is 3.07. The Kier molecular flexibility index (Phi) is 9.38. The van der Waals surface area contributed by atoms with E-state index in [2.05, 4.69) is 35.6 Å². The number of likely N-dealkylation sites (tertiary alicyclic amines) is 1. The second-order valence-electron chi connectivity index (χ2n) is 8.48. The molecule has 2 atom stereocenters. The summed E-state index contributed by atoms with van der Waals surface area (Å²) in [6, 6.07) is 5.64. The number of rotatable bonds is 2. The first-order valence-corrected chi connectivity index (χ1v) is 12.8. The van der Waals surface area contributed by atoms with E-state index in [-0.39, 0.29) is 22.4 Å². The number of carbonyl (C=O) groups is 1. The van der Waals surface area contributed by atoms with Gasteiger partial charge >= 0.3 is 0 Å². The fourth-order valence-electron chi connectivity index (χ4n) is 3.94. The van der Waals surface area contributed by atoms with Crippen LogP contribution < -0.4 is 11.1 Å². The van der Waals surface area contributed by atoms with Crippen LogP contribution >= 0.6 is 0 Å². The molecule has 0 bridgehead atoms. The first-order chi connectivity index (χ1) is 16.0. The Bertz CT molecular complexity index is 1150. The van der Waals surface area contributed by atoms with Crippen molar-refractivity contribution < 1.29 is 17.3 Å². The summed E-state index contributed by atoms with van der Waals surface area (Å²) in [5.41, 5.74) is 6.90. The number of fused-ring (bicyclic) bond motifs is 1. The molecule has 2 aliphatic rings. The van der Waals surface area contributed by atoms with Crippen molar-refractivity contribution in [3.05, 3.63) is 54.0 Å². The summed E-state index contributed by atoms with van der Waals surface area (Å²) in [6.07, 6.45) is 5.78. The van der Waals surface area contributed by atoms with E-state index in [1.807, 2.05) is 18.9 Å². The van der Waals surface area contributed by atoms with Crippen molar-refractivity contribution in [2.45, 2.75) is 63.8 Å². The molecule has 1 fully saturated rings. The third kappa shape index (κ3) is 6.03. The Morgan fingerprint density at radius 3 is 2.41 bits per heavy atom. The number of piperidine rings is 1. The summed E-state index contributed by atoms with van der Waals surface area (Å²) in [6.45, 7) is 12.8. The van der Waals surface area contributed by atoms with E-state index in [0.29, 0.717) is 0 Å². The number of benzene rings is 1. The lowest BCUT2D eigenvalue weighted by atomic mass is 9.88. The minimum Gasteiger partial charge on any atom is -0.384 e. The maximum atomic E-state index is 13.7. The molecule has 6 nitrogen and oxygen atoms in total. The van der Waals surface area contributed by atoms with Crippen LogP contribution in [0.25, 0.3) is 0 Å². The summed E-state index contributed by atoms with van der Waals surface area (Å²) < 4.78 is 37.6. The van der Waals surface area contributed by atoms with Gasteiger partial charge in [-0.3, -0.25) is 9.69 Å². The highest BCUT2D eigenvalue weighted by molar-refractivity contribution is 7.96. The molecule has 0 saturated carbocycles. The van der Waals surface area contributed by atoms with Gasteiger partial charge in [0.15, 0.2) is 9.91 Å². The third-order valence-corrected chi connectivity index (χ3v) is 6.96. The van der Waals surface area contributed by atoms with Gasteiger partial charge in [0, 0.05) is 17.4 Å². The van der Waals surface area contributed by atoms with Gasteiger partial charge in [0.2, 0.25) is 5.91 Å². The van der Waals surface area contributed by atoms with E-state index in [9.17, 15) is 17.3 Å². The number of pyridine rings is 1. The quantitative estimate of drug-likeness (QED) is 0.456. The van der Waals surface area contributed by atoms with Crippen LogP contribution in [-0.2, 0) is 20.2 Å². The number of halogens is 2. The van der Waals surface area contributed by atoms with Crippen molar-refractivity contribution in [2.24, 2.45) is 0 Å².